The molecule has 0 spiro atoms. The molecule has 0 bridgehead atoms. The molecule has 1 heterocycles. The lowest BCUT2D eigenvalue weighted by Gasteiger charge is -2.22. The number of likely N-dealkylation sites (tertiary alicyclic amines) is 1. The average Bonchev–Trinajstić information content (AvgIpc) is 2.88. The van der Waals surface area contributed by atoms with Gasteiger partial charge in [0.2, 0.25) is 0 Å². The van der Waals surface area contributed by atoms with Gasteiger partial charge in [-0.25, -0.2) is 4.79 Å². The molecule has 1 saturated heterocycles. The van der Waals surface area contributed by atoms with E-state index in [9.17, 15) is 4.79 Å². The van der Waals surface area contributed by atoms with Crippen LogP contribution in [0.5, 0.6) is 0 Å². The largest absolute Gasteiger partial charge is 0.334 e. The van der Waals surface area contributed by atoms with Crippen molar-refractivity contribution in [3.8, 4) is 0 Å². The van der Waals surface area contributed by atoms with Crippen molar-refractivity contribution in [1.29, 1.82) is 0 Å². The monoisotopic (exact) mass is 256 g/mol. The minimum Gasteiger partial charge on any atom is -0.334 e. The van der Waals surface area contributed by atoms with E-state index in [0.29, 0.717) is 6.04 Å². The molecule has 3 nitrogen and oxygen atoms in total. The quantitative estimate of drug-likeness (QED) is 0.838. The van der Waals surface area contributed by atoms with E-state index in [1.807, 2.05) is 4.90 Å². The van der Waals surface area contributed by atoms with E-state index in [1.165, 1.54) is 19.3 Å². The maximum Gasteiger partial charge on any atom is 0.317 e. The topological polar surface area (TPSA) is 32.3 Å². The zero-order valence-corrected chi connectivity index (χ0v) is 11.8. The lowest BCUT2D eigenvalue weighted by atomic mass is 10.0. The summed E-state index contributed by atoms with van der Waals surface area (Å²) in [4.78, 5) is 14.2. The number of carbonyl (C=O) groups excluding carboxylic acids is 1. The Balaban J connectivity index is 1.80. The van der Waals surface area contributed by atoms with Crippen LogP contribution in [0.3, 0.4) is 0 Å². The lowest BCUT2D eigenvalue weighted by molar-refractivity contribution is 0.201. The molecule has 2 rings (SSSR count). The van der Waals surface area contributed by atoms with Crippen molar-refractivity contribution in [2.75, 3.05) is 25.1 Å². The van der Waals surface area contributed by atoms with Gasteiger partial charge >= 0.3 is 6.03 Å². The maximum absolute atomic E-state index is 12.1. The third kappa shape index (κ3) is 3.09. The molecule has 1 aliphatic heterocycles. The first-order valence-electron chi connectivity index (χ1n) is 6.79. The van der Waals surface area contributed by atoms with Gasteiger partial charge in [-0.15, -0.1) is 0 Å². The molecule has 17 heavy (non-hydrogen) atoms. The summed E-state index contributed by atoms with van der Waals surface area (Å²) in [6.45, 7) is 4.12. The minimum absolute atomic E-state index is 0.167. The highest BCUT2D eigenvalue weighted by Gasteiger charge is 2.38. The lowest BCUT2D eigenvalue weighted by Crippen LogP contribution is -2.45. The van der Waals surface area contributed by atoms with Crippen molar-refractivity contribution in [3.05, 3.63) is 0 Å². The predicted molar refractivity (Wildman–Crippen MR) is 73.4 cm³/mol. The number of nitrogens with zero attached hydrogens (tertiary/aromatic N) is 1. The predicted octanol–water partition coefficient (Wildman–Crippen LogP) is 2.57. The Kier molecular flexibility index (Phi) is 4.60. The second-order valence-electron chi connectivity index (χ2n) is 5.37. The fraction of sp³-hybridized carbons (Fsp3) is 0.923. The van der Waals surface area contributed by atoms with Gasteiger partial charge in [-0.3, -0.25) is 0 Å². The van der Waals surface area contributed by atoms with E-state index in [4.69, 9.17) is 0 Å². The number of fused-ring (bicyclic) bond motifs is 1. The Hall–Kier alpha value is -0.380. The normalized spacial score (nSPS) is 29.2. The standard InChI is InChI=1S/C13H24N2OS/c1-3-12(9-17-2)14-13(16)15-7-10-5-4-6-11(10)8-15/h10-12H,3-9H2,1-2H3,(H,14,16)/t10-,11+,12-/m1/s1. The molecule has 98 valence electrons. The van der Waals surface area contributed by atoms with E-state index in [0.717, 1.165) is 37.1 Å². The van der Waals surface area contributed by atoms with E-state index in [2.05, 4.69) is 18.5 Å². The van der Waals surface area contributed by atoms with Gasteiger partial charge in [0.05, 0.1) is 0 Å². The Labute approximate surface area is 109 Å². The number of hydrogen-bond acceptors (Lipinski definition) is 2. The van der Waals surface area contributed by atoms with E-state index >= 15 is 0 Å². The van der Waals surface area contributed by atoms with Crippen LogP contribution in [0, 0.1) is 11.8 Å². The van der Waals surface area contributed by atoms with Crippen molar-refractivity contribution in [1.82, 2.24) is 10.2 Å². The molecule has 1 saturated carbocycles. The van der Waals surface area contributed by atoms with Gasteiger partial charge in [-0.1, -0.05) is 13.3 Å². The van der Waals surface area contributed by atoms with Gasteiger partial charge in [0, 0.05) is 24.9 Å². The van der Waals surface area contributed by atoms with Crippen LogP contribution in [-0.4, -0.2) is 42.1 Å². The molecule has 1 aliphatic carbocycles. The molecular formula is C13H24N2OS. The molecule has 2 fully saturated rings. The van der Waals surface area contributed by atoms with Gasteiger partial charge in [0.25, 0.3) is 0 Å². The summed E-state index contributed by atoms with van der Waals surface area (Å²) in [6.07, 6.45) is 7.14. The Morgan fingerprint density at radius 2 is 2.06 bits per heavy atom. The Morgan fingerprint density at radius 1 is 1.41 bits per heavy atom. The number of nitrogens with one attached hydrogen (secondary N) is 1. The SMILES string of the molecule is CC[C@H](CSC)NC(=O)N1C[C@H]2CCC[C@H]2C1. The fourth-order valence-corrected chi connectivity index (χ4v) is 3.85. The summed E-state index contributed by atoms with van der Waals surface area (Å²) in [5.41, 5.74) is 0. The van der Waals surface area contributed by atoms with Crippen molar-refractivity contribution < 1.29 is 4.79 Å². The summed E-state index contributed by atoms with van der Waals surface area (Å²) < 4.78 is 0. The summed E-state index contributed by atoms with van der Waals surface area (Å²) in [5.74, 6) is 2.60. The summed E-state index contributed by atoms with van der Waals surface area (Å²) in [7, 11) is 0. The first kappa shape index (κ1) is 13.1. The number of rotatable bonds is 4. The van der Waals surface area contributed by atoms with Crippen LogP contribution in [0.25, 0.3) is 0 Å². The molecule has 1 N–H and O–H groups in total. The van der Waals surface area contributed by atoms with Crippen molar-refractivity contribution in [2.45, 2.75) is 38.6 Å². The third-order valence-electron chi connectivity index (χ3n) is 4.20. The smallest absolute Gasteiger partial charge is 0.317 e. The Bertz CT molecular complexity index is 260. The number of thioether (sulfide) groups is 1. The van der Waals surface area contributed by atoms with Gasteiger partial charge in [-0.2, -0.15) is 11.8 Å². The highest BCUT2D eigenvalue weighted by atomic mass is 32.2. The van der Waals surface area contributed by atoms with Crippen molar-refractivity contribution in [2.24, 2.45) is 11.8 Å². The molecule has 0 unspecified atom stereocenters. The Morgan fingerprint density at radius 3 is 2.59 bits per heavy atom. The first-order valence-corrected chi connectivity index (χ1v) is 8.18. The second-order valence-corrected chi connectivity index (χ2v) is 6.28. The molecule has 0 aromatic rings. The fourth-order valence-electron chi connectivity index (χ4n) is 3.13. The van der Waals surface area contributed by atoms with Crippen LogP contribution in [0.1, 0.15) is 32.6 Å². The zero-order chi connectivity index (χ0) is 12.3. The van der Waals surface area contributed by atoms with E-state index < -0.39 is 0 Å². The van der Waals surface area contributed by atoms with Crippen LogP contribution < -0.4 is 5.32 Å². The molecule has 0 aromatic carbocycles. The maximum atomic E-state index is 12.1. The molecule has 2 amide bonds. The number of urea groups is 1. The third-order valence-corrected chi connectivity index (χ3v) is 4.94. The average molecular weight is 256 g/mol. The molecule has 3 atom stereocenters. The van der Waals surface area contributed by atoms with Crippen LogP contribution in [0.4, 0.5) is 4.79 Å². The zero-order valence-electron chi connectivity index (χ0n) is 10.9. The molecule has 0 aromatic heterocycles. The van der Waals surface area contributed by atoms with Gasteiger partial charge in [0.15, 0.2) is 0 Å². The molecule has 4 heteroatoms. The molecular weight excluding hydrogens is 232 g/mol. The van der Waals surface area contributed by atoms with Crippen molar-refractivity contribution in [3.63, 3.8) is 0 Å². The number of hydrogen-bond donors (Lipinski definition) is 1. The van der Waals surface area contributed by atoms with Crippen LogP contribution in [0.2, 0.25) is 0 Å². The number of carbonyl (C=O) groups is 1. The highest BCUT2D eigenvalue weighted by Crippen LogP contribution is 2.37. The van der Waals surface area contributed by atoms with Crippen LogP contribution in [0.15, 0.2) is 0 Å². The highest BCUT2D eigenvalue weighted by molar-refractivity contribution is 7.98. The molecule has 2 aliphatic rings. The van der Waals surface area contributed by atoms with E-state index in [-0.39, 0.29) is 6.03 Å². The second kappa shape index (κ2) is 5.98. The van der Waals surface area contributed by atoms with Crippen LogP contribution in [-0.2, 0) is 0 Å². The minimum atomic E-state index is 0.167. The van der Waals surface area contributed by atoms with Gasteiger partial charge in [0.1, 0.15) is 0 Å². The number of amides is 2. The van der Waals surface area contributed by atoms with Crippen molar-refractivity contribution >= 4 is 17.8 Å². The van der Waals surface area contributed by atoms with Gasteiger partial charge in [-0.05, 0) is 37.4 Å². The summed E-state index contributed by atoms with van der Waals surface area (Å²) in [5, 5.41) is 3.16. The summed E-state index contributed by atoms with van der Waals surface area (Å²) >= 11 is 1.80. The van der Waals surface area contributed by atoms with E-state index in [1.54, 1.807) is 11.8 Å². The first-order chi connectivity index (χ1) is 8.24. The molecule has 0 radical (unpaired) electrons. The van der Waals surface area contributed by atoms with Gasteiger partial charge < -0.3 is 10.2 Å². The van der Waals surface area contributed by atoms with Crippen LogP contribution >= 0.6 is 11.8 Å². The summed E-state index contributed by atoms with van der Waals surface area (Å²) in [6, 6.07) is 0.498.